The summed E-state index contributed by atoms with van der Waals surface area (Å²) in [6.45, 7) is 2.75. The topological polar surface area (TPSA) is 70.6 Å². The van der Waals surface area contributed by atoms with Gasteiger partial charge in [0.15, 0.2) is 0 Å². The van der Waals surface area contributed by atoms with Crippen LogP contribution in [-0.4, -0.2) is 53.2 Å². The number of ether oxygens (including phenoxy) is 1. The van der Waals surface area contributed by atoms with Crippen LogP contribution in [-0.2, 0) is 0 Å². The third kappa shape index (κ3) is 4.48. The molecule has 2 aromatic rings. The van der Waals surface area contributed by atoms with Gasteiger partial charge in [0.25, 0.3) is 0 Å². The maximum Gasteiger partial charge on any atom is 0.321 e. The normalized spacial score (nSPS) is 17.8. The Balaban J connectivity index is 1.26. The fourth-order valence-corrected chi connectivity index (χ4v) is 3.58. The Morgan fingerprint density at radius 1 is 1.00 bits per heavy atom. The number of carbonyl (C=O) groups is 1. The van der Waals surface area contributed by atoms with E-state index in [0.29, 0.717) is 19.2 Å². The zero-order valence-corrected chi connectivity index (χ0v) is 15.4. The molecule has 2 amide bonds. The molecule has 1 saturated carbocycles. The standard InChI is InChI=1S/C20H25N5O2/c26-20(25-14-12-24(13-15-25)19-21-10-3-11-22-19)23-16-6-8-18(9-7-16)27-17-4-1-2-5-17/h3,6-11,17H,1-2,4-5,12-15H2,(H,23,26). The summed E-state index contributed by atoms with van der Waals surface area (Å²) in [6, 6.07) is 9.38. The molecular weight excluding hydrogens is 342 g/mol. The van der Waals surface area contributed by atoms with Gasteiger partial charge in [0, 0.05) is 44.3 Å². The number of amides is 2. The van der Waals surface area contributed by atoms with E-state index in [1.54, 1.807) is 18.5 Å². The SMILES string of the molecule is O=C(Nc1ccc(OC2CCCC2)cc1)N1CCN(c2ncccn2)CC1. The van der Waals surface area contributed by atoms with Crippen LogP contribution in [0.2, 0.25) is 0 Å². The molecule has 7 heteroatoms. The fraction of sp³-hybridized carbons (Fsp3) is 0.450. The number of piperazine rings is 1. The third-order valence-electron chi connectivity index (χ3n) is 5.11. The minimum atomic E-state index is -0.0758. The highest BCUT2D eigenvalue weighted by Gasteiger charge is 2.22. The molecule has 0 radical (unpaired) electrons. The summed E-state index contributed by atoms with van der Waals surface area (Å²) in [6.07, 6.45) is 8.60. The zero-order chi connectivity index (χ0) is 18.5. The van der Waals surface area contributed by atoms with Gasteiger partial charge >= 0.3 is 6.03 Å². The Labute approximate surface area is 159 Å². The second-order valence-electron chi connectivity index (χ2n) is 7.00. The quantitative estimate of drug-likeness (QED) is 0.899. The van der Waals surface area contributed by atoms with E-state index in [-0.39, 0.29) is 6.03 Å². The molecule has 1 aromatic carbocycles. The van der Waals surface area contributed by atoms with Crippen molar-refractivity contribution in [2.75, 3.05) is 36.4 Å². The summed E-state index contributed by atoms with van der Waals surface area (Å²) < 4.78 is 5.96. The Hall–Kier alpha value is -2.83. The van der Waals surface area contributed by atoms with Crippen LogP contribution in [0.25, 0.3) is 0 Å². The molecule has 142 valence electrons. The van der Waals surface area contributed by atoms with Gasteiger partial charge in [-0.3, -0.25) is 0 Å². The number of benzene rings is 1. The summed E-state index contributed by atoms with van der Waals surface area (Å²) in [5, 5.41) is 2.97. The Morgan fingerprint density at radius 3 is 2.33 bits per heavy atom. The van der Waals surface area contributed by atoms with Gasteiger partial charge in [-0.1, -0.05) is 0 Å². The molecule has 0 spiro atoms. The minimum Gasteiger partial charge on any atom is -0.490 e. The summed E-state index contributed by atoms with van der Waals surface area (Å²) in [4.78, 5) is 25.0. The van der Waals surface area contributed by atoms with Crippen molar-refractivity contribution in [2.45, 2.75) is 31.8 Å². The molecule has 2 aliphatic rings. The molecule has 1 aromatic heterocycles. The molecular formula is C20H25N5O2. The lowest BCUT2D eigenvalue weighted by molar-refractivity contribution is 0.207. The average molecular weight is 367 g/mol. The van der Waals surface area contributed by atoms with Crippen LogP contribution < -0.4 is 15.0 Å². The van der Waals surface area contributed by atoms with Gasteiger partial charge in [0.1, 0.15) is 5.75 Å². The van der Waals surface area contributed by atoms with Crippen molar-refractivity contribution in [1.82, 2.24) is 14.9 Å². The molecule has 7 nitrogen and oxygen atoms in total. The first-order chi connectivity index (χ1) is 13.3. The molecule has 0 unspecified atom stereocenters. The first kappa shape index (κ1) is 17.6. The summed E-state index contributed by atoms with van der Waals surface area (Å²) in [5.74, 6) is 1.59. The lowest BCUT2D eigenvalue weighted by Crippen LogP contribution is -2.50. The smallest absolute Gasteiger partial charge is 0.321 e. The molecule has 0 bridgehead atoms. The third-order valence-corrected chi connectivity index (χ3v) is 5.11. The van der Waals surface area contributed by atoms with Gasteiger partial charge < -0.3 is 19.9 Å². The first-order valence-corrected chi connectivity index (χ1v) is 9.62. The van der Waals surface area contributed by atoms with Gasteiger partial charge in [-0.05, 0) is 56.0 Å². The van der Waals surface area contributed by atoms with Crippen LogP contribution in [0.3, 0.4) is 0 Å². The highest BCUT2D eigenvalue weighted by molar-refractivity contribution is 5.89. The van der Waals surface area contributed by atoms with Crippen molar-refractivity contribution in [3.8, 4) is 5.75 Å². The molecule has 1 aliphatic carbocycles. The second-order valence-corrected chi connectivity index (χ2v) is 7.00. The van der Waals surface area contributed by atoms with Gasteiger partial charge in [-0.2, -0.15) is 0 Å². The maximum absolute atomic E-state index is 12.5. The predicted molar refractivity (Wildman–Crippen MR) is 104 cm³/mol. The molecule has 1 saturated heterocycles. The number of nitrogens with one attached hydrogen (secondary N) is 1. The van der Waals surface area contributed by atoms with Crippen molar-refractivity contribution in [2.24, 2.45) is 0 Å². The Bertz CT molecular complexity index is 739. The van der Waals surface area contributed by atoms with Gasteiger partial charge in [0.05, 0.1) is 6.10 Å². The lowest BCUT2D eigenvalue weighted by Gasteiger charge is -2.34. The predicted octanol–water partition coefficient (Wildman–Crippen LogP) is 3.15. The number of anilines is 2. The van der Waals surface area contributed by atoms with Crippen molar-refractivity contribution < 1.29 is 9.53 Å². The molecule has 2 fully saturated rings. The molecule has 0 atom stereocenters. The van der Waals surface area contributed by atoms with E-state index >= 15 is 0 Å². The van der Waals surface area contributed by atoms with E-state index in [1.807, 2.05) is 29.2 Å². The fourth-order valence-electron chi connectivity index (χ4n) is 3.58. The first-order valence-electron chi connectivity index (χ1n) is 9.62. The van der Waals surface area contributed by atoms with Crippen LogP contribution in [0.15, 0.2) is 42.7 Å². The molecule has 27 heavy (non-hydrogen) atoms. The number of hydrogen-bond acceptors (Lipinski definition) is 5. The van der Waals surface area contributed by atoms with Gasteiger partial charge in [0.2, 0.25) is 5.95 Å². The van der Waals surface area contributed by atoms with Crippen LogP contribution >= 0.6 is 0 Å². The van der Waals surface area contributed by atoms with E-state index in [2.05, 4.69) is 20.2 Å². The molecule has 2 heterocycles. The van der Waals surface area contributed by atoms with Crippen molar-refractivity contribution in [3.63, 3.8) is 0 Å². The van der Waals surface area contributed by atoms with Gasteiger partial charge in [-0.25, -0.2) is 14.8 Å². The molecule has 1 aliphatic heterocycles. The monoisotopic (exact) mass is 367 g/mol. The second kappa shape index (κ2) is 8.24. The summed E-state index contributed by atoms with van der Waals surface area (Å²) >= 11 is 0. The van der Waals surface area contributed by atoms with Gasteiger partial charge in [-0.15, -0.1) is 0 Å². The number of aromatic nitrogens is 2. The molecule has 4 rings (SSSR count). The number of urea groups is 1. The summed E-state index contributed by atoms with van der Waals surface area (Å²) in [7, 11) is 0. The van der Waals surface area contributed by atoms with E-state index in [0.717, 1.165) is 43.3 Å². The Kier molecular flexibility index (Phi) is 5.37. The lowest BCUT2D eigenvalue weighted by atomic mass is 10.2. The van der Waals surface area contributed by atoms with Crippen LogP contribution in [0, 0.1) is 0 Å². The zero-order valence-electron chi connectivity index (χ0n) is 15.4. The van der Waals surface area contributed by atoms with Crippen molar-refractivity contribution in [3.05, 3.63) is 42.7 Å². The Morgan fingerprint density at radius 2 is 1.67 bits per heavy atom. The molecule has 1 N–H and O–H groups in total. The van der Waals surface area contributed by atoms with Crippen LogP contribution in [0.4, 0.5) is 16.4 Å². The highest BCUT2D eigenvalue weighted by atomic mass is 16.5. The van der Waals surface area contributed by atoms with Crippen molar-refractivity contribution in [1.29, 1.82) is 0 Å². The van der Waals surface area contributed by atoms with Crippen molar-refractivity contribution >= 4 is 17.7 Å². The summed E-state index contributed by atoms with van der Waals surface area (Å²) in [5.41, 5.74) is 0.785. The number of nitrogens with zero attached hydrogens (tertiary/aromatic N) is 4. The van der Waals surface area contributed by atoms with E-state index in [4.69, 9.17) is 4.74 Å². The highest BCUT2D eigenvalue weighted by Crippen LogP contribution is 2.25. The van der Waals surface area contributed by atoms with Crippen LogP contribution in [0.5, 0.6) is 5.75 Å². The van der Waals surface area contributed by atoms with E-state index < -0.39 is 0 Å². The van der Waals surface area contributed by atoms with E-state index in [9.17, 15) is 4.79 Å². The average Bonchev–Trinajstić information content (AvgIpc) is 3.23. The maximum atomic E-state index is 12.5. The minimum absolute atomic E-state index is 0.0758. The number of rotatable bonds is 4. The number of hydrogen-bond donors (Lipinski definition) is 1. The largest absolute Gasteiger partial charge is 0.490 e. The number of carbonyl (C=O) groups excluding carboxylic acids is 1. The van der Waals surface area contributed by atoms with Crippen LogP contribution in [0.1, 0.15) is 25.7 Å². The van der Waals surface area contributed by atoms with E-state index in [1.165, 1.54) is 12.8 Å².